The number of hydrogen-bond acceptors (Lipinski definition) is 1. The van der Waals surface area contributed by atoms with E-state index in [9.17, 15) is 0 Å². The van der Waals surface area contributed by atoms with Gasteiger partial charge in [-0.15, -0.1) is 6.58 Å². The summed E-state index contributed by atoms with van der Waals surface area (Å²) in [6.45, 7) is 4.09. The first-order valence-corrected chi connectivity index (χ1v) is 8.28. The fraction of sp³-hybridized carbons (Fsp3) is 0.778. The van der Waals surface area contributed by atoms with Gasteiger partial charge in [0.05, 0.1) is 0 Å². The predicted molar refractivity (Wildman–Crippen MR) is 86.4 cm³/mol. The first-order valence-electron chi connectivity index (χ1n) is 8.28. The third-order valence-corrected chi connectivity index (χ3v) is 3.47. The van der Waals surface area contributed by atoms with Crippen LogP contribution in [0.15, 0.2) is 24.8 Å². The molecular formula is C18H34O. The molecule has 0 bridgehead atoms. The maximum absolute atomic E-state index is 8.65. The quantitative estimate of drug-likeness (QED) is 0.294. The van der Waals surface area contributed by atoms with Crippen LogP contribution in [0.4, 0.5) is 0 Å². The summed E-state index contributed by atoms with van der Waals surface area (Å²) in [4.78, 5) is 0. The Balaban J connectivity index is 3.01. The Morgan fingerprint density at radius 1 is 0.579 bits per heavy atom. The second-order valence-corrected chi connectivity index (χ2v) is 5.39. The van der Waals surface area contributed by atoms with Crippen molar-refractivity contribution in [3.05, 3.63) is 24.8 Å². The van der Waals surface area contributed by atoms with Crippen LogP contribution in [0.2, 0.25) is 0 Å². The Bertz CT molecular complexity index is 196. The molecule has 0 saturated heterocycles. The Morgan fingerprint density at radius 2 is 1.00 bits per heavy atom. The van der Waals surface area contributed by atoms with E-state index in [-0.39, 0.29) is 0 Å². The number of allylic oxidation sites excluding steroid dienone is 3. The zero-order valence-electron chi connectivity index (χ0n) is 12.8. The molecule has 1 N–H and O–H groups in total. The smallest absolute Gasteiger partial charge is 0.0431 e. The van der Waals surface area contributed by atoms with Gasteiger partial charge in [-0.05, 0) is 44.9 Å². The van der Waals surface area contributed by atoms with Crippen LogP contribution in [-0.4, -0.2) is 11.7 Å². The molecule has 0 aromatic heterocycles. The molecule has 0 heterocycles. The standard InChI is InChI=1S/C18H34O/c1-2-3-4-5-6-7-8-9-10-11-12-13-14-15-16-17-18-19/h2,12-13,19H,1,3-11,14-18H2/b13-12+. The molecule has 0 aromatic carbocycles. The Kier molecular flexibility index (Phi) is 16.9. The van der Waals surface area contributed by atoms with Gasteiger partial charge in [-0.1, -0.05) is 56.8 Å². The summed E-state index contributed by atoms with van der Waals surface area (Å²) in [6.07, 6.45) is 23.3. The van der Waals surface area contributed by atoms with Crippen LogP contribution in [0.1, 0.15) is 83.5 Å². The van der Waals surface area contributed by atoms with Crippen LogP contribution in [0, 0.1) is 0 Å². The molecule has 0 aliphatic carbocycles. The Labute approximate surface area is 120 Å². The van der Waals surface area contributed by atoms with E-state index < -0.39 is 0 Å². The third-order valence-electron chi connectivity index (χ3n) is 3.47. The fourth-order valence-corrected chi connectivity index (χ4v) is 2.22. The number of aliphatic hydroxyl groups is 1. The molecule has 0 aromatic rings. The van der Waals surface area contributed by atoms with Crippen molar-refractivity contribution >= 4 is 0 Å². The number of unbranched alkanes of at least 4 members (excludes halogenated alkanes) is 11. The van der Waals surface area contributed by atoms with E-state index >= 15 is 0 Å². The number of hydrogen-bond donors (Lipinski definition) is 1. The summed E-state index contributed by atoms with van der Waals surface area (Å²) in [5.74, 6) is 0. The molecule has 0 saturated carbocycles. The number of rotatable bonds is 15. The molecule has 0 fully saturated rings. The van der Waals surface area contributed by atoms with Crippen molar-refractivity contribution in [1.29, 1.82) is 0 Å². The SMILES string of the molecule is C=CCCCCCCCCC/C=C/CCCCCO. The highest BCUT2D eigenvalue weighted by Crippen LogP contribution is 2.10. The van der Waals surface area contributed by atoms with Gasteiger partial charge in [0, 0.05) is 6.61 Å². The van der Waals surface area contributed by atoms with Crippen LogP contribution in [0.25, 0.3) is 0 Å². The molecule has 1 heteroatoms. The monoisotopic (exact) mass is 266 g/mol. The minimum absolute atomic E-state index is 0.345. The number of aliphatic hydroxyl groups excluding tert-OH is 1. The van der Waals surface area contributed by atoms with Gasteiger partial charge < -0.3 is 5.11 Å². The summed E-state index contributed by atoms with van der Waals surface area (Å²) < 4.78 is 0. The molecule has 0 radical (unpaired) electrons. The second-order valence-electron chi connectivity index (χ2n) is 5.39. The minimum Gasteiger partial charge on any atom is -0.396 e. The molecular weight excluding hydrogens is 232 g/mol. The van der Waals surface area contributed by atoms with Crippen LogP contribution >= 0.6 is 0 Å². The highest BCUT2D eigenvalue weighted by molar-refractivity contribution is 4.81. The lowest BCUT2D eigenvalue weighted by Gasteiger charge is -2.00. The summed E-state index contributed by atoms with van der Waals surface area (Å²) in [5.41, 5.74) is 0. The molecule has 112 valence electrons. The van der Waals surface area contributed by atoms with E-state index in [1.807, 2.05) is 6.08 Å². The van der Waals surface area contributed by atoms with Crippen molar-refractivity contribution in [2.24, 2.45) is 0 Å². The highest BCUT2D eigenvalue weighted by atomic mass is 16.2. The van der Waals surface area contributed by atoms with Crippen molar-refractivity contribution in [2.75, 3.05) is 6.61 Å². The van der Waals surface area contributed by atoms with Crippen molar-refractivity contribution in [2.45, 2.75) is 83.5 Å². The fourth-order valence-electron chi connectivity index (χ4n) is 2.22. The average molecular weight is 266 g/mol. The lowest BCUT2D eigenvalue weighted by atomic mass is 10.1. The van der Waals surface area contributed by atoms with Gasteiger partial charge in [0.1, 0.15) is 0 Å². The lowest BCUT2D eigenvalue weighted by molar-refractivity contribution is 0.283. The maximum atomic E-state index is 8.65. The van der Waals surface area contributed by atoms with Crippen molar-refractivity contribution in [3.63, 3.8) is 0 Å². The second kappa shape index (κ2) is 17.4. The van der Waals surface area contributed by atoms with Gasteiger partial charge in [0.2, 0.25) is 0 Å². The van der Waals surface area contributed by atoms with Crippen molar-refractivity contribution < 1.29 is 5.11 Å². The van der Waals surface area contributed by atoms with Gasteiger partial charge >= 0.3 is 0 Å². The zero-order chi connectivity index (χ0) is 14.0. The van der Waals surface area contributed by atoms with Crippen molar-refractivity contribution in [1.82, 2.24) is 0 Å². The van der Waals surface area contributed by atoms with Crippen LogP contribution < -0.4 is 0 Å². The predicted octanol–water partition coefficient (Wildman–Crippen LogP) is 5.79. The third kappa shape index (κ3) is 17.4. The normalized spacial score (nSPS) is 11.2. The molecule has 0 spiro atoms. The van der Waals surface area contributed by atoms with E-state index in [4.69, 9.17) is 5.11 Å². The van der Waals surface area contributed by atoms with E-state index in [1.54, 1.807) is 0 Å². The van der Waals surface area contributed by atoms with Crippen LogP contribution in [-0.2, 0) is 0 Å². The molecule has 19 heavy (non-hydrogen) atoms. The van der Waals surface area contributed by atoms with Crippen molar-refractivity contribution in [3.8, 4) is 0 Å². The molecule has 1 nitrogen and oxygen atoms in total. The van der Waals surface area contributed by atoms with Gasteiger partial charge in [-0.3, -0.25) is 0 Å². The summed E-state index contributed by atoms with van der Waals surface area (Å²) in [5, 5.41) is 8.65. The summed E-state index contributed by atoms with van der Waals surface area (Å²) >= 11 is 0. The van der Waals surface area contributed by atoms with E-state index in [2.05, 4.69) is 18.7 Å². The molecule has 0 amide bonds. The largest absolute Gasteiger partial charge is 0.396 e. The van der Waals surface area contributed by atoms with E-state index in [0.717, 1.165) is 12.8 Å². The Hall–Kier alpha value is -0.560. The van der Waals surface area contributed by atoms with Gasteiger partial charge in [0.15, 0.2) is 0 Å². The molecule has 0 atom stereocenters. The average Bonchev–Trinajstić information content (AvgIpc) is 2.43. The van der Waals surface area contributed by atoms with Crippen LogP contribution in [0.3, 0.4) is 0 Å². The van der Waals surface area contributed by atoms with Gasteiger partial charge in [-0.25, -0.2) is 0 Å². The Morgan fingerprint density at radius 3 is 1.47 bits per heavy atom. The minimum atomic E-state index is 0.345. The van der Waals surface area contributed by atoms with Crippen LogP contribution in [0.5, 0.6) is 0 Å². The van der Waals surface area contributed by atoms with Gasteiger partial charge in [-0.2, -0.15) is 0 Å². The zero-order valence-corrected chi connectivity index (χ0v) is 12.8. The highest BCUT2D eigenvalue weighted by Gasteiger charge is 1.90. The first kappa shape index (κ1) is 18.4. The molecule has 0 aliphatic heterocycles. The maximum Gasteiger partial charge on any atom is 0.0431 e. The summed E-state index contributed by atoms with van der Waals surface area (Å²) in [6, 6.07) is 0. The van der Waals surface area contributed by atoms with E-state index in [1.165, 1.54) is 70.6 Å². The molecule has 0 unspecified atom stereocenters. The van der Waals surface area contributed by atoms with Gasteiger partial charge in [0.25, 0.3) is 0 Å². The molecule has 0 rings (SSSR count). The van der Waals surface area contributed by atoms with E-state index in [0.29, 0.717) is 6.61 Å². The molecule has 0 aliphatic rings. The first-order chi connectivity index (χ1) is 9.41. The topological polar surface area (TPSA) is 20.2 Å². The lowest BCUT2D eigenvalue weighted by Crippen LogP contribution is -1.82. The summed E-state index contributed by atoms with van der Waals surface area (Å²) in [7, 11) is 0.